The molecular formula is C11H9F3O4. The fourth-order valence-electron chi connectivity index (χ4n) is 1.45. The topological polar surface area (TPSA) is 63.6 Å². The molecule has 0 radical (unpaired) electrons. The minimum absolute atomic E-state index is 0.362. The third-order valence-corrected chi connectivity index (χ3v) is 2.37. The van der Waals surface area contributed by atoms with E-state index < -0.39 is 34.8 Å². The van der Waals surface area contributed by atoms with Crippen molar-refractivity contribution >= 4 is 11.9 Å². The normalized spacial score (nSPS) is 11.2. The van der Waals surface area contributed by atoms with Crippen LogP contribution in [0.1, 0.15) is 31.8 Å². The van der Waals surface area contributed by atoms with E-state index in [-0.39, 0.29) is 5.56 Å². The van der Waals surface area contributed by atoms with Gasteiger partial charge in [-0.2, -0.15) is 13.2 Å². The molecule has 0 fully saturated rings. The first-order valence-corrected chi connectivity index (χ1v) is 4.72. The fourth-order valence-corrected chi connectivity index (χ4v) is 1.45. The number of rotatable bonds is 2. The number of carbonyl (C=O) groups excluding carboxylic acids is 1. The Hall–Kier alpha value is -2.05. The van der Waals surface area contributed by atoms with E-state index in [0.29, 0.717) is 6.07 Å². The second-order valence-corrected chi connectivity index (χ2v) is 3.49. The molecule has 7 heteroatoms. The second kappa shape index (κ2) is 4.67. The number of carboxylic acid groups (broad SMARTS) is 1. The van der Waals surface area contributed by atoms with Crippen molar-refractivity contribution in [2.75, 3.05) is 7.11 Å². The van der Waals surface area contributed by atoms with Gasteiger partial charge >= 0.3 is 18.1 Å². The molecule has 0 saturated heterocycles. The molecule has 4 nitrogen and oxygen atoms in total. The zero-order chi connectivity index (χ0) is 14.1. The standard InChI is InChI=1S/C11H9F3O4/c1-5-7(10(17)18-2)3-6(9(15)16)4-8(5)11(12,13)14/h3-4H,1-2H3,(H,15,16). The number of esters is 1. The summed E-state index contributed by atoms with van der Waals surface area (Å²) in [6.07, 6.45) is -4.74. The maximum absolute atomic E-state index is 12.7. The third-order valence-electron chi connectivity index (χ3n) is 2.37. The Morgan fingerprint density at radius 3 is 2.22 bits per heavy atom. The van der Waals surface area contributed by atoms with E-state index in [1.165, 1.54) is 0 Å². The summed E-state index contributed by atoms with van der Waals surface area (Å²) in [7, 11) is 1.00. The lowest BCUT2D eigenvalue weighted by Crippen LogP contribution is -2.15. The number of aromatic carboxylic acids is 1. The van der Waals surface area contributed by atoms with Crippen molar-refractivity contribution < 1.29 is 32.6 Å². The number of carbonyl (C=O) groups is 2. The van der Waals surface area contributed by atoms with Gasteiger partial charge in [-0.3, -0.25) is 0 Å². The Balaban J connectivity index is 3.58. The fraction of sp³-hybridized carbons (Fsp3) is 0.273. The predicted octanol–water partition coefficient (Wildman–Crippen LogP) is 2.50. The molecular weight excluding hydrogens is 253 g/mol. The van der Waals surface area contributed by atoms with Gasteiger partial charge in [0.1, 0.15) is 0 Å². The first-order chi connectivity index (χ1) is 8.18. The predicted molar refractivity (Wildman–Crippen MR) is 54.5 cm³/mol. The molecule has 0 aromatic heterocycles. The number of ether oxygens (including phenoxy) is 1. The summed E-state index contributed by atoms with van der Waals surface area (Å²) in [5.74, 6) is -2.56. The summed E-state index contributed by atoms with van der Waals surface area (Å²) in [4.78, 5) is 22.0. The zero-order valence-corrected chi connectivity index (χ0v) is 9.46. The van der Waals surface area contributed by atoms with Crippen molar-refractivity contribution in [3.05, 3.63) is 34.4 Å². The molecule has 0 bridgehead atoms. The highest BCUT2D eigenvalue weighted by Gasteiger charge is 2.35. The van der Waals surface area contributed by atoms with Crippen LogP contribution >= 0.6 is 0 Å². The zero-order valence-electron chi connectivity index (χ0n) is 9.46. The van der Waals surface area contributed by atoms with E-state index in [9.17, 15) is 22.8 Å². The molecule has 18 heavy (non-hydrogen) atoms. The Labute approximate surface area is 100.0 Å². The molecule has 0 saturated carbocycles. The summed E-state index contributed by atoms with van der Waals surface area (Å²) in [6, 6.07) is 1.35. The van der Waals surface area contributed by atoms with Gasteiger partial charge in [-0.25, -0.2) is 9.59 Å². The molecule has 0 aliphatic carbocycles. The van der Waals surface area contributed by atoms with Crippen molar-refractivity contribution in [1.29, 1.82) is 0 Å². The van der Waals surface area contributed by atoms with Crippen LogP contribution in [-0.2, 0) is 10.9 Å². The number of carboxylic acids is 1. The summed E-state index contributed by atoms with van der Waals surface area (Å²) in [5, 5.41) is 8.73. The van der Waals surface area contributed by atoms with Gasteiger partial charge in [-0.1, -0.05) is 0 Å². The molecule has 0 aliphatic heterocycles. The summed E-state index contributed by atoms with van der Waals surface area (Å²) in [5.41, 5.74) is -2.56. The van der Waals surface area contributed by atoms with Crippen LogP contribution < -0.4 is 0 Å². The molecule has 0 unspecified atom stereocenters. The van der Waals surface area contributed by atoms with Gasteiger partial charge in [0.15, 0.2) is 0 Å². The highest BCUT2D eigenvalue weighted by Crippen LogP contribution is 2.34. The van der Waals surface area contributed by atoms with Crippen LogP contribution in [0.3, 0.4) is 0 Å². The molecule has 0 spiro atoms. The third kappa shape index (κ3) is 2.61. The van der Waals surface area contributed by atoms with Gasteiger partial charge in [0.2, 0.25) is 0 Å². The van der Waals surface area contributed by atoms with Crippen LogP contribution in [0.4, 0.5) is 13.2 Å². The molecule has 1 N–H and O–H groups in total. The van der Waals surface area contributed by atoms with Crippen LogP contribution in [0, 0.1) is 6.92 Å². The van der Waals surface area contributed by atoms with E-state index >= 15 is 0 Å². The lowest BCUT2D eigenvalue weighted by atomic mass is 9.98. The molecule has 0 atom stereocenters. The average molecular weight is 262 g/mol. The number of hydrogen-bond acceptors (Lipinski definition) is 3. The summed E-state index contributed by atoms with van der Waals surface area (Å²) >= 11 is 0. The van der Waals surface area contributed by atoms with E-state index in [0.717, 1.165) is 20.1 Å². The van der Waals surface area contributed by atoms with E-state index in [1.807, 2.05) is 0 Å². The van der Waals surface area contributed by atoms with Crippen molar-refractivity contribution in [2.45, 2.75) is 13.1 Å². The van der Waals surface area contributed by atoms with Gasteiger partial charge < -0.3 is 9.84 Å². The van der Waals surface area contributed by atoms with E-state index in [4.69, 9.17) is 5.11 Å². The Bertz CT molecular complexity index is 506. The number of halogens is 3. The quantitative estimate of drug-likeness (QED) is 0.832. The largest absolute Gasteiger partial charge is 0.478 e. The monoisotopic (exact) mass is 262 g/mol. The summed E-state index contributed by atoms with van der Waals surface area (Å²) in [6.45, 7) is 1.08. The minimum Gasteiger partial charge on any atom is -0.478 e. The highest BCUT2D eigenvalue weighted by atomic mass is 19.4. The van der Waals surface area contributed by atoms with Crippen LogP contribution in [0.5, 0.6) is 0 Å². The van der Waals surface area contributed by atoms with Crippen molar-refractivity contribution in [1.82, 2.24) is 0 Å². The van der Waals surface area contributed by atoms with Gasteiger partial charge in [0.25, 0.3) is 0 Å². The summed E-state index contributed by atoms with van der Waals surface area (Å²) < 4.78 is 42.4. The molecule has 98 valence electrons. The van der Waals surface area contributed by atoms with E-state index in [1.54, 1.807) is 0 Å². The van der Waals surface area contributed by atoms with Crippen molar-refractivity contribution in [3.8, 4) is 0 Å². The maximum atomic E-state index is 12.7. The van der Waals surface area contributed by atoms with Crippen molar-refractivity contribution in [3.63, 3.8) is 0 Å². The highest BCUT2D eigenvalue weighted by molar-refractivity contribution is 5.96. The first kappa shape index (κ1) is 14.0. The molecule has 0 amide bonds. The Kier molecular flexibility index (Phi) is 3.64. The molecule has 0 heterocycles. The average Bonchev–Trinajstić information content (AvgIpc) is 2.26. The minimum atomic E-state index is -4.74. The molecule has 0 aliphatic rings. The van der Waals surface area contributed by atoms with Gasteiger partial charge in [0, 0.05) is 0 Å². The second-order valence-electron chi connectivity index (χ2n) is 3.49. The first-order valence-electron chi connectivity index (χ1n) is 4.72. The smallest absolute Gasteiger partial charge is 0.416 e. The number of benzene rings is 1. The van der Waals surface area contributed by atoms with Crippen LogP contribution in [0.15, 0.2) is 12.1 Å². The van der Waals surface area contributed by atoms with Gasteiger partial charge in [0.05, 0.1) is 23.8 Å². The van der Waals surface area contributed by atoms with Crippen molar-refractivity contribution in [2.24, 2.45) is 0 Å². The number of methoxy groups -OCH3 is 1. The number of hydrogen-bond donors (Lipinski definition) is 1. The number of alkyl halides is 3. The molecule has 1 rings (SSSR count). The lowest BCUT2D eigenvalue weighted by Gasteiger charge is -2.14. The van der Waals surface area contributed by atoms with Crippen LogP contribution in [0.2, 0.25) is 0 Å². The maximum Gasteiger partial charge on any atom is 0.416 e. The molecule has 1 aromatic rings. The Morgan fingerprint density at radius 2 is 1.83 bits per heavy atom. The van der Waals surface area contributed by atoms with Gasteiger partial charge in [-0.15, -0.1) is 0 Å². The Morgan fingerprint density at radius 1 is 1.28 bits per heavy atom. The van der Waals surface area contributed by atoms with Crippen LogP contribution in [-0.4, -0.2) is 24.2 Å². The lowest BCUT2D eigenvalue weighted by molar-refractivity contribution is -0.138. The van der Waals surface area contributed by atoms with Gasteiger partial charge in [-0.05, 0) is 24.6 Å². The molecule has 1 aromatic carbocycles. The van der Waals surface area contributed by atoms with E-state index in [2.05, 4.69) is 4.74 Å². The SMILES string of the molecule is COC(=O)c1cc(C(=O)O)cc(C(F)(F)F)c1C. The van der Waals surface area contributed by atoms with Crippen LogP contribution in [0.25, 0.3) is 0 Å².